The molecule has 0 aliphatic heterocycles. The average molecular weight is 300 g/mol. The van der Waals surface area contributed by atoms with Crippen LogP contribution >= 0.6 is 11.6 Å². The van der Waals surface area contributed by atoms with E-state index in [1.54, 1.807) is 25.3 Å². The lowest BCUT2D eigenvalue weighted by molar-refractivity contribution is -0.120. The van der Waals surface area contributed by atoms with E-state index in [2.05, 4.69) is 16.0 Å². The van der Waals surface area contributed by atoms with Gasteiger partial charge in [-0.25, -0.2) is 0 Å². The highest BCUT2D eigenvalue weighted by Gasteiger charge is 2.06. The second-order valence-corrected chi connectivity index (χ2v) is 4.95. The van der Waals surface area contributed by atoms with E-state index in [1.165, 1.54) is 0 Å². The molecule has 6 heteroatoms. The fraction of sp³-hybridized carbons (Fsp3) is 0.500. The van der Waals surface area contributed by atoms with Crippen molar-refractivity contribution in [1.82, 2.24) is 10.6 Å². The summed E-state index contributed by atoms with van der Waals surface area (Å²) in [5, 5.41) is 9.70. The van der Waals surface area contributed by atoms with Gasteiger partial charge >= 0.3 is 0 Å². The lowest BCUT2D eigenvalue weighted by atomic mass is 10.2. The fourth-order valence-corrected chi connectivity index (χ4v) is 1.76. The van der Waals surface area contributed by atoms with Gasteiger partial charge < -0.3 is 20.7 Å². The molecule has 1 rings (SSSR count). The van der Waals surface area contributed by atoms with E-state index in [9.17, 15) is 4.79 Å². The van der Waals surface area contributed by atoms with E-state index in [4.69, 9.17) is 16.3 Å². The summed E-state index contributed by atoms with van der Waals surface area (Å²) in [6, 6.07) is 5.60. The third-order valence-electron chi connectivity index (χ3n) is 2.93. The number of amides is 1. The molecule has 0 aliphatic rings. The Morgan fingerprint density at radius 3 is 2.85 bits per heavy atom. The number of hydrogen-bond donors (Lipinski definition) is 3. The SMILES string of the molecule is CNC(C)CNC(=O)CCNc1cc(Cl)ccc1OC. The quantitative estimate of drug-likeness (QED) is 0.686. The van der Waals surface area contributed by atoms with Crippen molar-refractivity contribution in [1.29, 1.82) is 0 Å². The van der Waals surface area contributed by atoms with Crippen LogP contribution in [0.2, 0.25) is 5.02 Å². The van der Waals surface area contributed by atoms with E-state index in [1.807, 2.05) is 14.0 Å². The number of carbonyl (C=O) groups excluding carboxylic acids is 1. The Morgan fingerprint density at radius 1 is 1.45 bits per heavy atom. The minimum Gasteiger partial charge on any atom is -0.495 e. The summed E-state index contributed by atoms with van der Waals surface area (Å²) in [4.78, 5) is 11.6. The highest BCUT2D eigenvalue weighted by atomic mass is 35.5. The van der Waals surface area contributed by atoms with E-state index in [0.717, 1.165) is 5.69 Å². The molecule has 1 amide bonds. The average Bonchev–Trinajstić information content (AvgIpc) is 2.45. The number of methoxy groups -OCH3 is 1. The zero-order valence-electron chi connectivity index (χ0n) is 12.1. The van der Waals surface area contributed by atoms with Gasteiger partial charge in [0.05, 0.1) is 12.8 Å². The second kappa shape index (κ2) is 8.66. The van der Waals surface area contributed by atoms with Crippen LogP contribution in [0.1, 0.15) is 13.3 Å². The Labute approximate surface area is 125 Å². The maximum atomic E-state index is 11.6. The highest BCUT2D eigenvalue weighted by Crippen LogP contribution is 2.27. The Morgan fingerprint density at radius 2 is 2.20 bits per heavy atom. The van der Waals surface area contributed by atoms with Gasteiger partial charge in [0.1, 0.15) is 5.75 Å². The molecule has 0 radical (unpaired) electrons. The van der Waals surface area contributed by atoms with Gasteiger partial charge in [-0.05, 0) is 32.2 Å². The highest BCUT2D eigenvalue weighted by molar-refractivity contribution is 6.30. The normalized spacial score (nSPS) is 11.8. The van der Waals surface area contributed by atoms with E-state index in [-0.39, 0.29) is 11.9 Å². The van der Waals surface area contributed by atoms with Crippen LogP contribution in [0.15, 0.2) is 18.2 Å². The van der Waals surface area contributed by atoms with Crippen LogP contribution in [-0.2, 0) is 4.79 Å². The summed E-state index contributed by atoms with van der Waals surface area (Å²) in [6.45, 7) is 3.15. The first-order chi connectivity index (χ1) is 9.56. The maximum Gasteiger partial charge on any atom is 0.221 e. The summed E-state index contributed by atoms with van der Waals surface area (Å²) in [5.41, 5.74) is 0.788. The zero-order chi connectivity index (χ0) is 15.0. The van der Waals surface area contributed by atoms with Crippen LogP contribution in [0.5, 0.6) is 5.75 Å². The van der Waals surface area contributed by atoms with E-state index < -0.39 is 0 Å². The third kappa shape index (κ3) is 5.67. The van der Waals surface area contributed by atoms with E-state index >= 15 is 0 Å². The second-order valence-electron chi connectivity index (χ2n) is 4.52. The predicted octanol–water partition coefficient (Wildman–Crippen LogP) is 1.87. The number of likely N-dealkylation sites (N-methyl/N-ethyl adjacent to an activating group) is 1. The van der Waals surface area contributed by atoms with Gasteiger partial charge in [0, 0.05) is 30.6 Å². The van der Waals surface area contributed by atoms with Crippen molar-refractivity contribution in [2.24, 2.45) is 0 Å². The molecule has 112 valence electrons. The lowest BCUT2D eigenvalue weighted by Crippen LogP contribution is -2.37. The van der Waals surface area contributed by atoms with Crippen LogP contribution in [0, 0.1) is 0 Å². The number of benzene rings is 1. The Bertz CT molecular complexity index is 440. The van der Waals surface area contributed by atoms with Crippen molar-refractivity contribution in [3.8, 4) is 5.75 Å². The number of nitrogens with one attached hydrogen (secondary N) is 3. The molecule has 5 nitrogen and oxygen atoms in total. The van der Waals surface area contributed by atoms with Gasteiger partial charge in [0.25, 0.3) is 0 Å². The van der Waals surface area contributed by atoms with Gasteiger partial charge in [-0.2, -0.15) is 0 Å². The molecule has 3 N–H and O–H groups in total. The van der Waals surface area contributed by atoms with Gasteiger partial charge in [-0.1, -0.05) is 11.6 Å². The number of anilines is 1. The molecule has 0 saturated carbocycles. The Balaban J connectivity index is 2.37. The first-order valence-corrected chi connectivity index (χ1v) is 6.96. The van der Waals surface area contributed by atoms with Crippen molar-refractivity contribution >= 4 is 23.2 Å². The molecule has 0 saturated heterocycles. The van der Waals surface area contributed by atoms with Crippen molar-refractivity contribution < 1.29 is 9.53 Å². The fourth-order valence-electron chi connectivity index (χ4n) is 1.59. The van der Waals surface area contributed by atoms with Crippen LogP contribution < -0.4 is 20.7 Å². The lowest BCUT2D eigenvalue weighted by Gasteiger charge is -2.13. The summed E-state index contributed by atoms with van der Waals surface area (Å²) in [5.74, 6) is 0.721. The number of carbonyl (C=O) groups is 1. The molecule has 0 aromatic heterocycles. The van der Waals surface area contributed by atoms with Crippen molar-refractivity contribution in [2.45, 2.75) is 19.4 Å². The standard InChI is InChI=1S/C14H22ClN3O2/c1-10(16-2)9-18-14(19)6-7-17-12-8-11(15)4-5-13(12)20-3/h4-5,8,10,16-17H,6-7,9H2,1-3H3,(H,18,19). The van der Waals surface area contributed by atoms with Crippen LogP contribution in [0.4, 0.5) is 5.69 Å². The first kappa shape index (κ1) is 16.6. The molecule has 0 heterocycles. The van der Waals surface area contributed by atoms with E-state index in [0.29, 0.717) is 30.3 Å². The maximum absolute atomic E-state index is 11.6. The van der Waals surface area contributed by atoms with Crippen molar-refractivity contribution in [2.75, 3.05) is 32.6 Å². The molecule has 0 aliphatic carbocycles. The molecule has 0 bridgehead atoms. The Hall–Kier alpha value is -1.46. The number of ether oxygens (including phenoxy) is 1. The molecule has 20 heavy (non-hydrogen) atoms. The van der Waals surface area contributed by atoms with Gasteiger partial charge in [-0.15, -0.1) is 0 Å². The van der Waals surface area contributed by atoms with Crippen molar-refractivity contribution in [3.63, 3.8) is 0 Å². The molecule has 1 unspecified atom stereocenters. The third-order valence-corrected chi connectivity index (χ3v) is 3.16. The molecule has 1 atom stereocenters. The van der Waals surface area contributed by atoms with Crippen LogP contribution in [-0.4, -0.2) is 39.2 Å². The number of rotatable bonds is 8. The minimum atomic E-state index is 0.0144. The molecular formula is C14H22ClN3O2. The molecule has 0 fully saturated rings. The van der Waals surface area contributed by atoms with Crippen LogP contribution in [0.3, 0.4) is 0 Å². The number of hydrogen-bond acceptors (Lipinski definition) is 4. The molecule has 0 spiro atoms. The topological polar surface area (TPSA) is 62.4 Å². The molecular weight excluding hydrogens is 278 g/mol. The molecule has 1 aromatic rings. The largest absolute Gasteiger partial charge is 0.495 e. The Kier molecular flexibility index (Phi) is 7.18. The van der Waals surface area contributed by atoms with Gasteiger partial charge in [-0.3, -0.25) is 4.79 Å². The summed E-state index contributed by atoms with van der Waals surface area (Å²) < 4.78 is 5.22. The number of halogens is 1. The van der Waals surface area contributed by atoms with Gasteiger partial charge in [0.15, 0.2) is 0 Å². The molecule has 1 aromatic carbocycles. The first-order valence-electron chi connectivity index (χ1n) is 6.58. The smallest absolute Gasteiger partial charge is 0.221 e. The summed E-state index contributed by atoms with van der Waals surface area (Å²) >= 11 is 5.93. The van der Waals surface area contributed by atoms with Crippen LogP contribution in [0.25, 0.3) is 0 Å². The minimum absolute atomic E-state index is 0.0144. The summed E-state index contributed by atoms with van der Waals surface area (Å²) in [7, 11) is 3.46. The van der Waals surface area contributed by atoms with Crippen molar-refractivity contribution in [3.05, 3.63) is 23.2 Å². The van der Waals surface area contributed by atoms with Gasteiger partial charge in [0.2, 0.25) is 5.91 Å². The monoisotopic (exact) mass is 299 g/mol. The zero-order valence-corrected chi connectivity index (χ0v) is 12.9. The predicted molar refractivity (Wildman–Crippen MR) is 82.6 cm³/mol. The summed E-state index contributed by atoms with van der Waals surface area (Å²) in [6.07, 6.45) is 0.395.